The molecule has 3 aromatic rings. The van der Waals surface area contributed by atoms with Crippen molar-refractivity contribution < 1.29 is 8.42 Å². The van der Waals surface area contributed by atoms with Gasteiger partial charge >= 0.3 is 0 Å². The molecule has 7 heteroatoms. The van der Waals surface area contributed by atoms with Crippen molar-refractivity contribution in [1.82, 2.24) is 14.7 Å². The van der Waals surface area contributed by atoms with Gasteiger partial charge in [-0.15, -0.1) is 0 Å². The fourth-order valence-electron chi connectivity index (χ4n) is 2.60. The molecule has 3 N–H and O–H groups in total. The van der Waals surface area contributed by atoms with E-state index in [2.05, 4.69) is 20.0 Å². The number of rotatable bonds is 7. The number of nitrogens with zero attached hydrogens (tertiary/aromatic N) is 1. The molecule has 0 spiro atoms. The number of imidazole rings is 1. The molecule has 0 radical (unpaired) electrons. The Balaban J connectivity index is 1.60. The van der Waals surface area contributed by atoms with Gasteiger partial charge in [-0.1, -0.05) is 36.4 Å². The second-order valence-corrected chi connectivity index (χ2v) is 8.06. The lowest BCUT2D eigenvalue weighted by Gasteiger charge is -2.10. The van der Waals surface area contributed by atoms with E-state index in [1.54, 1.807) is 0 Å². The third-order valence-electron chi connectivity index (χ3n) is 3.64. The summed E-state index contributed by atoms with van der Waals surface area (Å²) in [5.41, 5.74) is 3.73. The highest BCUT2D eigenvalue weighted by molar-refractivity contribution is 7.88. The van der Waals surface area contributed by atoms with Crippen LogP contribution in [0.1, 0.15) is 25.0 Å². The number of aromatic nitrogens is 2. The molecule has 25 heavy (non-hydrogen) atoms. The van der Waals surface area contributed by atoms with Gasteiger partial charge in [0.2, 0.25) is 16.0 Å². The Hall–Kier alpha value is -2.38. The van der Waals surface area contributed by atoms with Crippen LogP contribution in [0, 0.1) is 0 Å². The normalized spacial score (nSPS) is 12.0. The largest absolute Gasteiger partial charge is 0.352 e. The van der Waals surface area contributed by atoms with Crippen molar-refractivity contribution in [3.8, 4) is 0 Å². The first-order chi connectivity index (χ1) is 11.9. The highest BCUT2D eigenvalue weighted by Gasteiger charge is 2.12. The standard InChI is InChI=1S/C18H22N4O2S/c1-13(2)22-25(23,24)12-15-9-7-14(8-10-15)11-19-18-20-16-5-3-4-6-17(16)21-18/h3-10,13,22H,11-12H2,1-2H3,(H2,19,20,21). The molecule has 0 aliphatic heterocycles. The highest BCUT2D eigenvalue weighted by atomic mass is 32.2. The minimum atomic E-state index is -3.30. The highest BCUT2D eigenvalue weighted by Crippen LogP contribution is 2.14. The number of fused-ring (bicyclic) bond motifs is 1. The lowest BCUT2D eigenvalue weighted by Crippen LogP contribution is -2.31. The summed E-state index contributed by atoms with van der Waals surface area (Å²) in [5, 5.41) is 3.25. The Bertz CT molecular complexity index is 914. The SMILES string of the molecule is CC(C)NS(=O)(=O)Cc1ccc(CNc2nc3ccccc3[nH]2)cc1. The first-order valence-electron chi connectivity index (χ1n) is 8.18. The van der Waals surface area contributed by atoms with Gasteiger partial charge in [0.25, 0.3) is 0 Å². The molecule has 0 aliphatic rings. The number of H-pyrrole nitrogens is 1. The molecule has 0 aliphatic carbocycles. The van der Waals surface area contributed by atoms with Crippen LogP contribution in [0.5, 0.6) is 0 Å². The summed E-state index contributed by atoms with van der Waals surface area (Å²) in [5.74, 6) is 0.705. The van der Waals surface area contributed by atoms with Crippen LogP contribution in [-0.4, -0.2) is 24.4 Å². The predicted octanol–water partition coefficient (Wildman–Crippen LogP) is 3.00. The summed E-state index contributed by atoms with van der Waals surface area (Å²) < 4.78 is 26.5. The molecular weight excluding hydrogens is 336 g/mol. The van der Waals surface area contributed by atoms with Crippen LogP contribution in [0.15, 0.2) is 48.5 Å². The van der Waals surface area contributed by atoms with Gasteiger partial charge in [-0.25, -0.2) is 18.1 Å². The number of hydrogen-bond acceptors (Lipinski definition) is 4. The fourth-order valence-corrected chi connectivity index (χ4v) is 4.03. The number of nitrogens with one attached hydrogen (secondary N) is 3. The Labute approximate surface area is 147 Å². The molecule has 6 nitrogen and oxygen atoms in total. The van der Waals surface area contributed by atoms with Crippen molar-refractivity contribution in [3.63, 3.8) is 0 Å². The number of para-hydroxylation sites is 2. The summed E-state index contributed by atoms with van der Waals surface area (Å²) in [6, 6.07) is 15.3. The van der Waals surface area contributed by atoms with E-state index in [0.717, 1.165) is 22.2 Å². The molecule has 3 rings (SSSR count). The zero-order valence-corrected chi connectivity index (χ0v) is 15.1. The summed E-state index contributed by atoms with van der Waals surface area (Å²) in [6.45, 7) is 4.23. The number of hydrogen-bond donors (Lipinski definition) is 3. The first kappa shape index (κ1) is 17.4. The predicted molar refractivity (Wildman–Crippen MR) is 101 cm³/mol. The average Bonchev–Trinajstić information content (AvgIpc) is 2.95. The van der Waals surface area contributed by atoms with E-state index in [0.29, 0.717) is 12.5 Å². The molecule has 0 saturated carbocycles. The molecule has 0 bridgehead atoms. The van der Waals surface area contributed by atoms with E-state index in [4.69, 9.17) is 0 Å². The van der Waals surface area contributed by atoms with Gasteiger partial charge in [0.15, 0.2) is 0 Å². The van der Waals surface area contributed by atoms with E-state index < -0.39 is 10.0 Å². The molecule has 0 atom stereocenters. The maximum absolute atomic E-state index is 12.0. The average molecular weight is 358 g/mol. The molecule has 132 valence electrons. The van der Waals surface area contributed by atoms with Crippen molar-refractivity contribution in [2.24, 2.45) is 0 Å². The van der Waals surface area contributed by atoms with Crippen LogP contribution >= 0.6 is 0 Å². The number of benzene rings is 2. The molecule has 0 amide bonds. The number of sulfonamides is 1. The smallest absolute Gasteiger partial charge is 0.216 e. The minimum absolute atomic E-state index is 0.0114. The maximum Gasteiger partial charge on any atom is 0.216 e. The molecule has 0 saturated heterocycles. The molecule has 2 aromatic carbocycles. The van der Waals surface area contributed by atoms with E-state index in [1.807, 2.05) is 62.4 Å². The van der Waals surface area contributed by atoms with Crippen LogP contribution in [0.4, 0.5) is 5.95 Å². The third kappa shape index (κ3) is 4.80. The maximum atomic E-state index is 12.0. The summed E-state index contributed by atoms with van der Waals surface area (Å²) in [4.78, 5) is 7.68. The fraction of sp³-hybridized carbons (Fsp3) is 0.278. The van der Waals surface area contributed by atoms with Gasteiger partial charge in [-0.2, -0.15) is 0 Å². The van der Waals surface area contributed by atoms with E-state index in [-0.39, 0.29) is 11.8 Å². The second kappa shape index (κ2) is 7.25. The lowest BCUT2D eigenvalue weighted by atomic mass is 10.1. The van der Waals surface area contributed by atoms with Gasteiger partial charge in [-0.3, -0.25) is 0 Å². The van der Waals surface area contributed by atoms with Gasteiger partial charge in [-0.05, 0) is 37.1 Å². The lowest BCUT2D eigenvalue weighted by molar-refractivity contribution is 0.569. The first-order valence-corrected chi connectivity index (χ1v) is 9.83. The van der Waals surface area contributed by atoms with E-state index >= 15 is 0 Å². The van der Waals surface area contributed by atoms with Gasteiger partial charge < -0.3 is 10.3 Å². The monoisotopic (exact) mass is 358 g/mol. The summed E-state index contributed by atoms with van der Waals surface area (Å²) in [7, 11) is -3.30. The van der Waals surface area contributed by atoms with Crippen LogP contribution in [0.3, 0.4) is 0 Å². The third-order valence-corrected chi connectivity index (χ3v) is 5.19. The Morgan fingerprint density at radius 2 is 1.72 bits per heavy atom. The van der Waals surface area contributed by atoms with Crippen molar-refractivity contribution in [3.05, 3.63) is 59.7 Å². The number of aromatic amines is 1. The van der Waals surface area contributed by atoms with Crippen LogP contribution in [0.25, 0.3) is 11.0 Å². The van der Waals surface area contributed by atoms with Gasteiger partial charge in [0.05, 0.1) is 16.8 Å². The molecular formula is C18H22N4O2S. The van der Waals surface area contributed by atoms with E-state index in [9.17, 15) is 8.42 Å². The topological polar surface area (TPSA) is 86.9 Å². The number of anilines is 1. The van der Waals surface area contributed by atoms with Crippen molar-refractivity contribution in [2.75, 3.05) is 5.32 Å². The molecule has 0 unspecified atom stereocenters. The molecule has 1 aromatic heterocycles. The van der Waals surface area contributed by atoms with Gasteiger partial charge in [0.1, 0.15) is 0 Å². The van der Waals surface area contributed by atoms with Gasteiger partial charge in [0, 0.05) is 12.6 Å². The Morgan fingerprint density at radius 3 is 2.40 bits per heavy atom. The van der Waals surface area contributed by atoms with E-state index in [1.165, 1.54) is 0 Å². The van der Waals surface area contributed by atoms with Crippen molar-refractivity contribution in [1.29, 1.82) is 0 Å². The Kier molecular flexibility index (Phi) is 5.06. The van der Waals surface area contributed by atoms with Crippen LogP contribution < -0.4 is 10.0 Å². The molecule has 1 heterocycles. The summed E-state index contributed by atoms with van der Waals surface area (Å²) in [6.07, 6.45) is 0. The zero-order valence-electron chi connectivity index (χ0n) is 14.3. The summed E-state index contributed by atoms with van der Waals surface area (Å²) >= 11 is 0. The zero-order chi connectivity index (χ0) is 17.9. The molecule has 0 fully saturated rings. The minimum Gasteiger partial charge on any atom is -0.352 e. The van der Waals surface area contributed by atoms with Crippen LogP contribution in [-0.2, 0) is 22.3 Å². The quantitative estimate of drug-likeness (QED) is 0.606. The van der Waals surface area contributed by atoms with Crippen molar-refractivity contribution in [2.45, 2.75) is 32.2 Å². The van der Waals surface area contributed by atoms with Crippen molar-refractivity contribution >= 4 is 27.0 Å². The Morgan fingerprint density at radius 1 is 1.04 bits per heavy atom. The van der Waals surface area contributed by atoms with Crippen LogP contribution in [0.2, 0.25) is 0 Å². The second-order valence-electron chi connectivity index (χ2n) is 6.30.